The first kappa shape index (κ1) is 22.7. The molecule has 2 heterocycles. The van der Waals surface area contributed by atoms with E-state index in [0.29, 0.717) is 5.69 Å². The summed E-state index contributed by atoms with van der Waals surface area (Å²) >= 11 is 0. The van der Waals surface area contributed by atoms with E-state index in [1.165, 1.54) is 0 Å². The van der Waals surface area contributed by atoms with Crippen molar-refractivity contribution >= 4 is 33.9 Å². The van der Waals surface area contributed by atoms with Crippen LogP contribution in [-0.2, 0) is 0 Å². The van der Waals surface area contributed by atoms with Crippen LogP contribution in [0.4, 0.5) is 21.9 Å². The lowest BCUT2D eigenvalue weighted by Gasteiger charge is -2.34. The van der Waals surface area contributed by atoms with Crippen molar-refractivity contribution in [1.29, 1.82) is 0 Å². The van der Waals surface area contributed by atoms with Gasteiger partial charge in [-0.05, 0) is 48.3 Å². The van der Waals surface area contributed by atoms with Crippen LogP contribution in [0.15, 0.2) is 79.1 Å². The summed E-state index contributed by atoms with van der Waals surface area (Å²) in [6.07, 6.45) is 3.61. The van der Waals surface area contributed by atoms with Gasteiger partial charge >= 0.3 is 6.03 Å². The lowest BCUT2D eigenvalue weighted by Crippen LogP contribution is -2.44. The summed E-state index contributed by atoms with van der Waals surface area (Å²) < 4.78 is 5.59. The molecule has 1 aliphatic heterocycles. The van der Waals surface area contributed by atoms with Crippen molar-refractivity contribution in [3.05, 3.63) is 79.1 Å². The molecule has 0 aliphatic carbocycles. The lowest BCUT2D eigenvalue weighted by molar-refractivity contribution is 0.262. The van der Waals surface area contributed by atoms with Gasteiger partial charge in [-0.25, -0.2) is 4.79 Å². The predicted molar refractivity (Wildman–Crippen MR) is 143 cm³/mol. The number of piperazine rings is 1. The van der Waals surface area contributed by atoms with Crippen molar-refractivity contribution < 1.29 is 9.53 Å². The van der Waals surface area contributed by atoms with E-state index >= 15 is 0 Å². The number of benzene rings is 3. The Kier molecular flexibility index (Phi) is 6.50. The zero-order valence-electron chi connectivity index (χ0n) is 20.0. The third kappa shape index (κ3) is 4.90. The smallest absolute Gasteiger partial charge is 0.323 e. The quantitative estimate of drug-likeness (QED) is 0.417. The molecule has 0 saturated carbocycles. The number of hydrogen-bond acceptors (Lipinski definition) is 5. The van der Waals surface area contributed by atoms with Gasteiger partial charge in [-0.3, -0.25) is 4.98 Å². The minimum Gasteiger partial charge on any atom is -0.495 e. The Morgan fingerprint density at radius 2 is 1.71 bits per heavy atom. The van der Waals surface area contributed by atoms with Crippen molar-refractivity contribution in [2.24, 2.45) is 0 Å². The number of ether oxygens (including phenoxy) is 1. The fourth-order valence-electron chi connectivity index (χ4n) is 4.54. The van der Waals surface area contributed by atoms with Crippen LogP contribution in [0.1, 0.15) is 0 Å². The summed E-state index contributed by atoms with van der Waals surface area (Å²) in [5.74, 6) is 0.803. The normalized spacial score (nSPS) is 14.1. The predicted octanol–water partition coefficient (Wildman–Crippen LogP) is 5.31. The number of rotatable bonds is 5. The second kappa shape index (κ2) is 10.0. The van der Waals surface area contributed by atoms with E-state index in [-0.39, 0.29) is 6.03 Å². The van der Waals surface area contributed by atoms with Gasteiger partial charge in [0.25, 0.3) is 0 Å². The van der Waals surface area contributed by atoms with Crippen molar-refractivity contribution in [3.63, 3.8) is 0 Å². The number of carbonyl (C=O) groups excluding carboxylic acids is 1. The highest BCUT2D eigenvalue weighted by molar-refractivity contribution is 6.09. The van der Waals surface area contributed by atoms with Crippen molar-refractivity contribution in [1.82, 2.24) is 9.88 Å². The second-order valence-electron chi connectivity index (χ2n) is 8.70. The Labute approximate surface area is 205 Å². The topological polar surface area (TPSA) is 69.7 Å². The number of methoxy groups -OCH3 is 1. The number of hydrogen-bond donors (Lipinski definition) is 2. The van der Waals surface area contributed by atoms with Gasteiger partial charge in [0.2, 0.25) is 0 Å². The first-order valence-electron chi connectivity index (χ1n) is 11.7. The average Bonchev–Trinajstić information content (AvgIpc) is 2.89. The number of amides is 2. The standard InChI is InChI=1S/C28H29N5O2/c1-32-14-16-33(17-15-32)26-18-21(11-12-27(26)35-2)30-28(34)31-25-10-4-8-23-22(7-3-9-24(23)25)20-6-5-13-29-19-20/h3-13,18-19H,14-17H2,1-2H3,(H2,30,31,34). The SMILES string of the molecule is COc1ccc(NC(=O)Nc2cccc3c(-c4cccnc4)cccc23)cc1N1CCN(C)CC1. The molecule has 7 heteroatoms. The minimum absolute atomic E-state index is 0.293. The zero-order chi connectivity index (χ0) is 24.2. The first-order chi connectivity index (χ1) is 17.1. The fourth-order valence-corrected chi connectivity index (χ4v) is 4.54. The summed E-state index contributed by atoms with van der Waals surface area (Å²) in [6.45, 7) is 3.81. The molecule has 3 aromatic carbocycles. The fraction of sp³-hybridized carbons (Fsp3) is 0.214. The van der Waals surface area contributed by atoms with Crippen LogP contribution in [0.2, 0.25) is 0 Å². The Morgan fingerprint density at radius 3 is 2.49 bits per heavy atom. The van der Waals surface area contributed by atoms with E-state index in [9.17, 15) is 4.79 Å². The van der Waals surface area contributed by atoms with Gasteiger partial charge in [-0.2, -0.15) is 0 Å². The van der Waals surface area contributed by atoms with E-state index in [1.54, 1.807) is 13.3 Å². The monoisotopic (exact) mass is 467 g/mol. The molecule has 5 rings (SSSR count). The molecule has 4 aromatic rings. The van der Waals surface area contributed by atoms with Gasteiger partial charge in [0, 0.05) is 55.2 Å². The van der Waals surface area contributed by atoms with Crippen LogP contribution in [0.5, 0.6) is 5.75 Å². The molecule has 1 aliphatic rings. The summed E-state index contributed by atoms with van der Waals surface area (Å²) in [5.41, 5.74) is 4.57. The zero-order valence-corrected chi connectivity index (χ0v) is 20.0. The molecular formula is C28H29N5O2. The number of urea groups is 1. The van der Waals surface area contributed by atoms with Crippen LogP contribution in [0, 0.1) is 0 Å². The highest BCUT2D eigenvalue weighted by Gasteiger charge is 2.19. The molecule has 2 N–H and O–H groups in total. The number of carbonyl (C=O) groups is 1. The number of pyridine rings is 1. The van der Waals surface area contributed by atoms with E-state index in [1.807, 2.05) is 60.8 Å². The van der Waals surface area contributed by atoms with Gasteiger partial charge in [0.1, 0.15) is 5.75 Å². The van der Waals surface area contributed by atoms with Gasteiger partial charge in [-0.1, -0.05) is 36.4 Å². The minimum atomic E-state index is -0.293. The number of aromatic nitrogens is 1. The molecule has 178 valence electrons. The highest BCUT2D eigenvalue weighted by Crippen LogP contribution is 2.34. The Balaban J connectivity index is 1.37. The Bertz CT molecular complexity index is 1330. The molecule has 0 spiro atoms. The lowest BCUT2D eigenvalue weighted by atomic mass is 9.98. The van der Waals surface area contributed by atoms with Crippen LogP contribution in [0.3, 0.4) is 0 Å². The molecule has 0 bridgehead atoms. The Morgan fingerprint density at radius 1 is 0.914 bits per heavy atom. The van der Waals surface area contributed by atoms with Crippen LogP contribution < -0.4 is 20.3 Å². The maximum atomic E-state index is 13.0. The molecule has 1 fully saturated rings. The van der Waals surface area contributed by atoms with Crippen LogP contribution in [0.25, 0.3) is 21.9 Å². The third-order valence-electron chi connectivity index (χ3n) is 6.42. The van der Waals surface area contributed by atoms with Crippen molar-refractivity contribution in [3.8, 4) is 16.9 Å². The number of anilines is 3. The summed E-state index contributed by atoms with van der Waals surface area (Å²) in [6, 6.07) is 21.4. The summed E-state index contributed by atoms with van der Waals surface area (Å²) in [5, 5.41) is 8.04. The molecule has 1 saturated heterocycles. The van der Waals surface area contributed by atoms with E-state index in [4.69, 9.17) is 4.74 Å². The molecule has 1 aromatic heterocycles. The average molecular weight is 468 g/mol. The van der Waals surface area contributed by atoms with Gasteiger partial charge in [-0.15, -0.1) is 0 Å². The number of nitrogens with one attached hydrogen (secondary N) is 2. The second-order valence-corrected chi connectivity index (χ2v) is 8.70. The molecule has 7 nitrogen and oxygen atoms in total. The van der Waals surface area contributed by atoms with Crippen LogP contribution in [-0.4, -0.2) is 56.3 Å². The van der Waals surface area contributed by atoms with Crippen molar-refractivity contribution in [2.45, 2.75) is 0 Å². The molecule has 35 heavy (non-hydrogen) atoms. The van der Waals surface area contributed by atoms with Gasteiger partial charge < -0.3 is 25.2 Å². The van der Waals surface area contributed by atoms with E-state index in [2.05, 4.69) is 44.6 Å². The maximum absolute atomic E-state index is 13.0. The number of fused-ring (bicyclic) bond motifs is 1. The largest absolute Gasteiger partial charge is 0.495 e. The van der Waals surface area contributed by atoms with Crippen LogP contribution >= 0.6 is 0 Å². The van der Waals surface area contributed by atoms with E-state index in [0.717, 1.165) is 65.2 Å². The first-order valence-corrected chi connectivity index (χ1v) is 11.7. The number of nitrogens with zero attached hydrogens (tertiary/aromatic N) is 3. The molecule has 0 radical (unpaired) electrons. The highest BCUT2D eigenvalue weighted by atomic mass is 16.5. The van der Waals surface area contributed by atoms with Gasteiger partial charge in [0.05, 0.1) is 18.5 Å². The van der Waals surface area contributed by atoms with Gasteiger partial charge in [0.15, 0.2) is 0 Å². The summed E-state index contributed by atoms with van der Waals surface area (Å²) in [7, 11) is 3.80. The third-order valence-corrected chi connectivity index (χ3v) is 6.42. The van der Waals surface area contributed by atoms with Crippen molar-refractivity contribution in [2.75, 3.05) is 55.9 Å². The Hall–Kier alpha value is -4.10. The summed E-state index contributed by atoms with van der Waals surface area (Å²) in [4.78, 5) is 21.8. The molecule has 0 atom stereocenters. The molecule has 2 amide bonds. The maximum Gasteiger partial charge on any atom is 0.323 e. The van der Waals surface area contributed by atoms with E-state index < -0.39 is 0 Å². The molecular weight excluding hydrogens is 438 g/mol. The number of likely N-dealkylation sites (N-methyl/N-ethyl adjacent to an activating group) is 1. The molecule has 0 unspecified atom stereocenters.